The summed E-state index contributed by atoms with van der Waals surface area (Å²) in [4.78, 5) is 0. The summed E-state index contributed by atoms with van der Waals surface area (Å²) in [7, 11) is 1.70. The van der Waals surface area contributed by atoms with Gasteiger partial charge >= 0.3 is 0 Å². The number of ether oxygens (including phenoxy) is 2. The van der Waals surface area contributed by atoms with Gasteiger partial charge in [-0.1, -0.05) is 24.3 Å². The SMILES string of the molecule is COCc1cccc(CNc2ccc(OCC#N)cc2)c1. The van der Waals surface area contributed by atoms with Crippen LogP contribution in [0.2, 0.25) is 0 Å². The van der Waals surface area contributed by atoms with Gasteiger partial charge in [-0.25, -0.2) is 0 Å². The van der Waals surface area contributed by atoms with Crippen molar-refractivity contribution in [1.82, 2.24) is 0 Å². The molecule has 0 spiro atoms. The number of hydrogen-bond donors (Lipinski definition) is 1. The van der Waals surface area contributed by atoms with E-state index in [-0.39, 0.29) is 6.61 Å². The first-order valence-electron chi connectivity index (χ1n) is 6.72. The molecule has 0 aliphatic rings. The van der Waals surface area contributed by atoms with E-state index >= 15 is 0 Å². The molecule has 1 N–H and O–H groups in total. The van der Waals surface area contributed by atoms with E-state index < -0.39 is 0 Å². The third-order valence-electron chi connectivity index (χ3n) is 2.96. The van der Waals surface area contributed by atoms with E-state index in [4.69, 9.17) is 14.7 Å². The average Bonchev–Trinajstić information content (AvgIpc) is 2.53. The van der Waals surface area contributed by atoms with Crippen LogP contribution in [0, 0.1) is 11.3 Å². The third kappa shape index (κ3) is 4.83. The largest absolute Gasteiger partial charge is 0.479 e. The number of anilines is 1. The van der Waals surface area contributed by atoms with Crippen molar-refractivity contribution in [2.45, 2.75) is 13.2 Å². The number of rotatable bonds is 7. The molecule has 21 heavy (non-hydrogen) atoms. The van der Waals surface area contributed by atoms with Gasteiger partial charge in [0.2, 0.25) is 0 Å². The molecular formula is C17H18N2O2. The minimum absolute atomic E-state index is 0.0685. The third-order valence-corrected chi connectivity index (χ3v) is 2.96. The number of hydrogen-bond acceptors (Lipinski definition) is 4. The van der Waals surface area contributed by atoms with Crippen LogP contribution in [0.5, 0.6) is 5.75 Å². The summed E-state index contributed by atoms with van der Waals surface area (Å²) in [5, 5.41) is 11.8. The van der Waals surface area contributed by atoms with Crippen molar-refractivity contribution in [1.29, 1.82) is 5.26 Å². The van der Waals surface area contributed by atoms with Gasteiger partial charge in [0.05, 0.1) is 6.61 Å². The van der Waals surface area contributed by atoms with Gasteiger partial charge in [0.15, 0.2) is 6.61 Å². The van der Waals surface area contributed by atoms with E-state index in [9.17, 15) is 0 Å². The Kier molecular flexibility index (Phi) is 5.62. The highest BCUT2D eigenvalue weighted by atomic mass is 16.5. The molecule has 108 valence electrons. The van der Waals surface area contributed by atoms with E-state index in [1.54, 1.807) is 7.11 Å². The van der Waals surface area contributed by atoms with Crippen molar-refractivity contribution >= 4 is 5.69 Å². The number of nitrogens with zero attached hydrogens (tertiary/aromatic N) is 1. The molecule has 0 aliphatic heterocycles. The molecule has 4 nitrogen and oxygen atoms in total. The first kappa shape index (κ1) is 14.9. The molecule has 0 radical (unpaired) electrons. The molecule has 0 aromatic heterocycles. The molecule has 0 aliphatic carbocycles. The van der Waals surface area contributed by atoms with E-state index in [1.807, 2.05) is 42.5 Å². The fraction of sp³-hybridized carbons (Fsp3) is 0.235. The predicted molar refractivity (Wildman–Crippen MR) is 82.0 cm³/mol. The van der Waals surface area contributed by atoms with E-state index in [0.29, 0.717) is 12.4 Å². The van der Waals surface area contributed by atoms with Crippen LogP contribution in [0.3, 0.4) is 0 Å². The Hall–Kier alpha value is -2.51. The van der Waals surface area contributed by atoms with Crippen molar-refractivity contribution in [3.63, 3.8) is 0 Å². The smallest absolute Gasteiger partial charge is 0.174 e. The first-order valence-corrected chi connectivity index (χ1v) is 6.72. The van der Waals surface area contributed by atoms with E-state index in [0.717, 1.165) is 17.8 Å². The number of nitrogens with one attached hydrogen (secondary N) is 1. The minimum Gasteiger partial charge on any atom is -0.479 e. The molecule has 0 heterocycles. The highest BCUT2D eigenvalue weighted by molar-refractivity contribution is 5.47. The summed E-state index contributed by atoms with van der Waals surface area (Å²) in [6.07, 6.45) is 0. The fourth-order valence-electron chi connectivity index (χ4n) is 1.98. The summed E-state index contributed by atoms with van der Waals surface area (Å²) in [5.41, 5.74) is 3.38. The lowest BCUT2D eigenvalue weighted by atomic mass is 10.1. The number of methoxy groups -OCH3 is 1. The van der Waals surface area contributed by atoms with Crippen LogP contribution in [0.15, 0.2) is 48.5 Å². The van der Waals surface area contributed by atoms with Crippen LogP contribution in [0.25, 0.3) is 0 Å². The lowest BCUT2D eigenvalue weighted by Gasteiger charge is -2.09. The molecule has 2 rings (SSSR count). The van der Waals surface area contributed by atoms with Crippen LogP contribution in [0.4, 0.5) is 5.69 Å². The van der Waals surface area contributed by atoms with Crippen LogP contribution in [-0.2, 0) is 17.9 Å². The molecule has 2 aromatic carbocycles. The Morgan fingerprint density at radius 3 is 2.57 bits per heavy atom. The summed E-state index contributed by atoms with van der Waals surface area (Å²) >= 11 is 0. The maximum Gasteiger partial charge on any atom is 0.174 e. The zero-order chi connectivity index (χ0) is 14.9. The van der Waals surface area contributed by atoms with Crippen molar-refractivity contribution < 1.29 is 9.47 Å². The average molecular weight is 282 g/mol. The Morgan fingerprint density at radius 1 is 1.10 bits per heavy atom. The molecule has 0 unspecified atom stereocenters. The second-order valence-electron chi connectivity index (χ2n) is 4.58. The molecule has 0 amide bonds. The Balaban J connectivity index is 1.90. The highest BCUT2D eigenvalue weighted by Crippen LogP contribution is 2.16. The van der Waals surface area contributed by atoms with E-state index in [1.165, 1.54) is 5.56 Å². The van der Waals surface area contributed by atoms with Crippen molar-refractivity contribution in [3.8, 4) is 11.8 Å². The second kappa shape index (κ2) is 7.93. The van der Waals surface area contributed by atoms with Gasteiger partial charge in [-0.05, 0) is 35.4 Å². The molecule has 0 saturated carbocycles. The van der Waals surface area contributed by atoms with Gasteiger partial charge in [0.1, 0.15) is 11.8 Å². The summed E-state index contributed by atoms with van der Waals surface area (Å²) in [5.74, 6) is 0.698. The van der Waals surface area contributed by atoms with Crippen molar-refractivity contribution in [2.24, 2.45) is 0 Å². The van der Waals surface area contributed by atoms with E-state index in [2.05, 4.69) is 17.4 Å². The minimum atomic E-state index is 0.0685. The van der Waals surface area contributed by atoms with Crippen molar-refractivity contribution in [3.05, 3.63) is 59.7 Å². The molecule has 0 saturated heterocycles. The predicted octanol–water partition coefficient (Wildman–Crippen LogP) is 3.35. The summed E-state index contributed by atoms with van der Waals surface area (Å²) < 4.78 is 10.3. The normalized spacial score (nSPS) is 9.90. The van der Waals surface area contributed by atoms with Gasteiger partial charge in [-0.15, -0.1) is 0 Å². The Labute approximate surface area is 124 Å². The molecular weight excluding hydrogens is 264 g/mol. The van der Waals surface area contributed by atoms with Crippen LogP contribution < -0.4 is 10.1 Å². The Morgan fingerprint density at radius 2 is 1.86 bits per heavy atom. The van der Waals surface area contributed by atoms with Gasteiger partial charge in [-0.2, -0.15) is 5.26 Å². The van der Waals surface area contributed by atoms with Crippen LogP contribution >= 0.6 is 0 Å². The lowest BCUT2D eigenvalue weighted by Crippen LogP contribution is -2.00. The fourth-order valence-corrected chi connectivity index (χ4v) is 1.98. The lowest BCUT2D eigenvalue weighted by molar-refractivity contribution is 0.185. The van der Waals surface area contributed by atoms with Gasteiger partial charge in [0.25, 0.3) is 0 Å². The van der Waals surface area contributed by atoms with Crippen LogP contribution in [-0.4, -0.2) is 13.7 Å². The maximum atomic E-state index is 8.46. The molecule has 0 fully saturated rings. The summed E-state index contributed by atoms with van der Waals surface area (Å²) in [6.45, 7) is 1.44. The van der Waals surface area contributed by atoms with Crippen LogP contribution in [0.1, 0.15) is 11.1 Å². The first-order chi connectivity index (χ1) is 10.3. The Bertz CT molecular complexity index is 603. The second-order valence-corrected chi connectivity index (χ2v) is 4.58. The van der Waals surface area contributed by atoms with Gasteiger partial charge in [-0.3, -0.25) is 0 Å². The maximum absolute atomic E-state index is 8.46. The summed E-state index contributed by atoms with van der Waals surface area (Å²) in [6, 6.07) is 17.8. The zero-order valence-electron chi connectivity index (χ0n) is 12.0. The molecule has 2 aromatic rings. The number of nitriles is 1. The quantitative estimate of drug-likeness (QED) is 0.846. The van der Waals surface area contributed by atoms with Gasteiger partial charge in [0, 0.05) is 19.3 Å². The van der Waals surface area contributed by atoms with Crippen molar-refractivity contribution in [2.75, 3.05) is 19.0 Å². The topological polar surface area (TPSA) is 54.3 Å². The zero-order valence-corrected chi connectivity index (χ0v) is 12.0. The highest BCUT2D eigenvalue weighted by Gasteiger charge is 1.98. The molecule has 0 atom stereocenters. The standard InChI is InChI=1S/C17H18N2O2/c1-20-13-15-4-2-3-14(11-15)12-19-16-5-7-17(8-6-16)21-10-9-18/h2-8,11,19H,10,12-13H2,1H3. The molecule has 0 bridgehead atoms. The number of benzene rings is 2. The monoisotopic (exact) mass is 282 g/mol. The van der Waals surface area contributed by atoms with Gasteiger partial charge < -0.3 is 14.8 Å². The molecule has 4 heteroatoms.